The molecular weight excluding hydrogens is 288 g/mol. The van der Waals surface area contributed by atoms with E-state index in [1.807, 2.05) is 43.0 Å². The van der Waals surface area contributed by atoms with Crippen LogP contribution in [0.15, 0.2) is 36.4 Å². The number of aromatic nitrogens is 1. The van der Waals surface area contributed by atoms with Crippen molar-refractivity contribution in [3.8, 4) is 5.69 Å². The SMILES string of the molecule is Cc1ccc(C)n1-c1ccc(C(=O)N2C[C@@H](C)O[C@H](C)C2)cc1. The maximum absolute atomic E-state index is 12.7. The molecule has 0 bridgehead atoms. The van der Waals surface area contributed by atoms with Gasteiger partial charge in [0.05, 0.1) is 12.2 Å². The number of morpholine rings is 1. The Hall–Kier alpha value is -2.07. The van der Waals surface area contributed by atoms with E-state index in [4.69, 9.17) is 4.74 Å². The summed E-state index contributed by atoms with van der Waals surface area (Å²) < 4.78 is 7.89. The number of carbonyl (C=O) groups is 1. The van der Waals surface area contributed by atoms with Crippen LogP contribution in [0.5, 0.6) is 0 Å². The van der Waals surface area contributed by atoms with Gasteiger partial charge in [0.25, 0.3) is 5.91 Å². The van der Waals surface area contributed by atoms with Gasteiger partial charge in [-0.1, -0.05) is 0 Å². The first-order chi connectivity index (χ1) is 11.0. The average Bonchev–Trinajstić information content (AvgIpc) is 2.85. The van der Waals surface area contributed by atoms with E-state index in [1.54, 1.807) is 0 Å². The second-order valence-electron chi connectivity index (χ2n) is 6.47. The van der Waals surface area contributed by atoms with Gasteiger partial charge >= 0.3 is 0 Å². The standard InChI is InChI=1S/C19H24N2O2/c1-13-5-6-14(2)21(13)18-9-7-17(8-10-18)19(22)20-11-15(3)23-16(4)12-20/h5-10,15-16H,11-12H2,1-4H3/t15-,16-/m1/s1. The van der Waals surface area contributed by atoms with Gasteiger partial charge in [-0.25, -0.2) is 0 Å². The number of amides is 1. The molecule has 0 radical (unpaired) electrons. The number of aryl methyl sites for hydroxylation is 2. The van der Waals surface area contributed by atoms with Gasteiger partial charge < -0.3 is 14.2 Å². The first-order valence-electron chi connectivity index (χ1n) is 8.16. The van der Waals surface area contributed by atoms with E-state index >= 15 is 0 Å². The number of carbonyl (C=O) groups excluding carboxylic acids is 1. The van der Waals surface area contributed by atoms with E-state index in [9.17, 15) is 4.79 Å². The first kappa shape index (κ1) is 15.8. The molecule has 2 atom stereocenters. The summed E-state index contributed by atoms with van der Waals surface area (Å²) in [7, 11) is 0. The zero-order chi connectivity index (χ0) is 16.6. The number of benzene rings is 1. The molecule has 0 N–H and O–H groups in total. The van der Waals surface area contributed by atoms with Crippen LogP contribution < -0.4 is 0 Å². The molecule has 1 saturated heterocycles. The van der Waals surface area contributed by atoms with E-state index in [0.29, 0.717) is 13.1 Å². The maximum atomic E-state index is 12.7. The van der Waals surface area contributed by atoms with Crippen LogP contribution in [0.3, 0.4) is 0 Å². The normalized spacial score (nSPS) is 21.5. The lowest BCUT2D eigenvalue weighted by molar-refractivity contribution is -0.0586. The van der Waals surface area contributed by atoms with Gasteiger partial charge in [-0.3, -0.25) is 4.79 Å². The summed E-state index contributed by atoms with van der Waals surface area (Å²) in [6, 6.07) is 12.1. The molecule has 1 aromatic carbocycles. The lowest BCUT2D eigenvalue weighted by Gasteiger charge is -2.35. The zero-order valence-electron chi connectivity index (χ0n) is 14.2. The Kier molecular flexibility index (Phi) is 4.26. The van der Waals surface area contributed by atoms with Crippen LogP contribution in [-0.2, 0) is 4.74 Å². The van der Waals surface area contributed by atoms with Crippen molar-refractivity contribution in [2.45, 2.75) is 39.9 Å². The number of hydrogen-bond donors (Lipinski definition) is 0. The van der Waals surface area contributed by atoms with Gasteiger partial charge in [0, 0.05) is 35.7 Å². The minimum Gasteiger partial charge on any atom is -0.372 e. The Morgan fingerprint density at radius 1 is 0.957 bits per heavy atom. The van der Waals surface area contributed by atoms with Crippen molar-refractivity contribution in [1.82, 2.24) is 9.47 Å². The van der Waals surface area contributed by atoms with Crippen molar-refractivity contribution in [3.63, 3.8) is 0 Å². The molecule has 0 spiro atoms. The van der Waals surface area contributed by atoms with Crippen molar-refractivity contribution in [3.05, 3.63) is 53.3 Å². The predicted octanol–water partition coefficient (Wildman–Crippen LogP) is 3.34. The average molecular weight is 312 g/mol. The van der Waals surface area contributed by atoms with Crippen LogP contribution in [0, 0.1) is 13.8 Å². The highest BCUT2D eigenvalue weighted by atomic mass is 16.5. The summed E-state index contributed by atoms with van der Waals surface area (Å²) in [6.07, 6.45) is 0.180. The molecule has 0 aliphatic carbocycles. The number of hydrogen-bond acceptors (Lipinski definition) is 2. The third-order valence-corrected chi connectivity index (χ3v) is 4.35. The summed E-state index contributed by atoms with van der Waals surface area (Å²) in [4.78, 5) is 14.6. The quantitative estimate of drug-likeness (QED) is 0.852. The van der Waals surface area contributed by atoms with Gasteiger partial charge in [-0.2, -0.15) is 0 Å². The van der Waals surface area contributed by atoms with E-state index in [2.05, 4.69) is 30.5 Å². The molecule has 2 heterocycles. The first-order valence-corrected chi connectivity index (χ1v) is 8.16. The zero-order valence-corrected chi connectivity index (χ0v) is 14.2. The summed E-state index contributed by atoms with van der Waals surface area (Å²) in [5.74, 6) is 0.0829. The van der Waals surface area contributed by atoms with Crippen molar-refractivity contribution in [1.29, 1.82) is 0 Å². The molecule has 1 aliphatic heterocycles. The van der Waals surface area contributed by atoms with E-state index in [-0.39, 0.29) is 18.1 Å². The Balaban J connectivity index is 1.81. The predicted molar refractivity (Wildman–Crippen MR) is 91.2 cm³/mol. The van der Waals surface area contributed by atoms with Crippen molar-refractivity contribution in [2.75, 3.05) is 13.1 Å². The molecule has 1 aromatic heterocycles. The Morgan fingerprint density at radius 3 is 2.00 bits per heavy atom. The van der Waals surface area contributed by atoms with Gasteiger partial charge in [0.2, 0.25) is 0 Å². The molecular formula is C19H24N2O2. The molecule has 122 valence electrons. The molecule has 23 heavy (non-hydrogen) atoms. The van der Waals surface area contributed by atoms with Crippen molar-refractivity contribution >= 4 is 5.91 Å². The number of nitrogens with zero attached hydrogens (tertiary/aromatic N) is 2. The minimum atomic E-state index is 0.0829. The minimum absolute atomic E-state index is 0.0829. The van der Waals surface area contributed by atoms with Crippen molar-refractivity contribution in [2.24, 2.45) is 0 Å². The molecule has 2 aromatic rings. The summed E-state index contributed by atoms with van der Waals surface area (Å²) >= 11 is 0. The smallest absolute Gasteiger partial charge is 0.254 e. The van der Waals surface area contributed by atoms with Gasteiger partial charge in [0.1, 0.15) is 0 Å². The van der Waals surface area contributed by atoms with Crippen LogP contribution in [0.1, 0.15) is 35.6 Å². The Bertz CT molecular complexity index is 673. The molecule has 4 nitrogen and oxygen atoms in total. The molecule has 4 heteroatoms. The number of ether oxygens (including phenoxy) is 1. The fourth-order valence-corrected chi connectivity index (χ4v) is 3.36. The van der Waals surface area contributed by atoms with Crippen LogP contribution >= 0.6 is 0 Å². The monoisotopic (exact) mass is 312 g/mol. The van der Waals surface area contributed by atoms with Crippen LogP contribution in [0.25, 0.3) is 5.69 Å². The summed E-state index contributed by atoms with van der Waals surface area (Å²) in [6.45, 7) is 9.50. The topological polar surface area (TPSA) is 34.5 Å². The second kappa shape index (κ2) is 6.20. The van der Waals surface area contributed by atoms with Crippen LogP contribution in [0.2, 0.25) is 0 Å². The van der Waals surface area contributed by atoms with Crippen LogP contribution in [0.4, 0.5) is 0 Å². The third kappa shape index (κ3) is 3.17. The second-order valence-corrected chi connectivity index (χ2v) is 6.47. The fraction of sp³-hybridized carbons (Fsp3) is 0.421. The molecule has 3 rings (SSSR count). The van der Waals surface area contributed by atoms with E-state index in [0.717, 1.165) is 11.3 Å². The molecule has 1 aliphatic rings. The Morgan fingerprint density at radius 2 is 1.48 bits per heavy atom. The fourth-order valence-electron chi connectivity index (χ4n) is 3.36. The summed E-state index contributed by atoms with van der Waals surface area (Å²) in [5, 5.41) is 0. The lowest BCUT2D eigenvalue weighted by atomic mass is 10.1. The molecule has 1 amide bonds. The maximum Gasteiger partial charge on any atom is 0.254 e. The van der Waals surface area contributed by atoms with Crippen LogP contribution in [-0.4, -0.2) is 40.7 Å². The molecule has 0 unspecified atom stereocenters. The molecule has 0 saturated carbocycles. The highest BCUT2D eigenvalue weighted by Crippen LogP contribution is 2.19. The van der Waals surface area contributed by atoms with Gasteiger partial charge in [-0.15, -0.1) is 0 Å². The lowest BCUT2D eigenvalue weighted by Crippen LogP contribution is -2.48. The highest BCUT2D eigenvalue weighted by Gasteiger charge is 2.26. The van der Waals surface area contributed by atoms with Gasteiger partial charge in [-0.05, 0) is 64.1 Å². The van der Waals surface area contributed by atoms with Crippen molar-refractivity contribution < 1.29 is 9.53 Å². The number of rotatable bonds is 2. The highest BCUT2D eigenvalue weighted by molar-refractivity contribution is 5.94. The van der Waals surface area contributed by atoms with E-state index < -0.39 is 0 Å². The molecule has 1 fully saturated rings. The third-order valence-electron chi connectivity index (χ3n) is 4.35. The van der Waals surface area contributed by atoms with Gasteiger partial charge in [0.15, 0.2) is 0 Å². The Labute approximate surface area is 137 Å². The van der Waals surface area contributed by atoms with E-state index in [1.165, 1.54) is 11.4 Å². The summed E-state index contributed by atoms with van der Waals surface area (Å²) in [5.41, 5.74) is 4.21. The largest absolute Gasteiger partial charge is 0.372 e.